The van der Waals surface area contributed by atoms with E-state index in [1.807, 2.05) is 43.3 Å². The van der Waals surface area contributed by atoms with Gasteiger partial charge in [0, 0.05) is 24.2 Å². The second-order valence-electron chi connectivity index (χ2n) is 8.06. The van der Waals surface area contributed by atoms with Crippen LogP contribution in [-0.4, -0.2) is 67.7 Å². The Hall–Kier alpha value is -3.26. The van der Waals surface area contributed by atoms with Crippen LogP contribution in [0.3, 0.4) is 0 Å². The molecule has 0 spiro atoms. The first-order chi connectivity index (χ1) is 14.9. The van der Waals surface area contributed by atoms with Crippen LogP contribution in [0.15, 0.2) is 42.5 Å². The predicted octanol–water partition coefficient (Wildman–Crippen LogP) is 1.88. The van der Waals surface area contributed by atoms with E-state index in [-0.39, 0.29) is 24.6 Å². The van der Waals surface area contributed by atoms with Crippen LogP contribution in [0, 0.1) is 0 Å². The highest BCUT2D eigenvalue weighted by Crippen LogP contribution is 2.32. The molecule has 2 aliphatic rings. The van der Waals surface area contributed by atoms with Crippen LogP contribution in [-0.2, 0) is 11.3 Å². The number of amides is 2. The van der Waals surface area contributed by atoms with E-state index in [2.05, 4.69) is 5.32 Å². The lowest BCUT2D eigenvalue weighted by atomic mass is 10.1. The third-order valence-corrected chi connectivity index (χ3v) is 5.40. The van der Waals surface area contributed by atoms with Gasteiger partial charge >= 0.3 is 0 Å². The van der Waals surface area contributed by atoms with Crippen molar-refractivity contribution in [3.8, 4) is 17.2 Å². The number of ether oxygens (including phenoxy) is 3. The molecule has 0 saturated carbocycles. The number of fused-ring (bicyclic) bond motifs is 2. The zero-order chi connectivity index (χ0) is 22.0. The summed E-state index contributed by atoms with van der Waals surface area (Å²) in [6.45, 7) is 3.32. The van der Waals surface area contributed by atoms with E-state index in [0.717, 1.165) is 11.3 Å². The highest BCUT2D eigenvalue weighted by atomic mass is 16.7. The highest BCUT2D eigenvalue weighted by molar-refractivity contribution is 5.98. The van der Waals surface area contributed by atoms with E-state index in [1.165, 1.54) is 0 Å². The van der Waals surface area contributed by atoms with Crippen LogP contribution in [0.4, 0.5) is 0 Å². The average molecular weight is 425 g/mol. The molecule has 0 radical (unpaired) electrons. The summed E-state index contributed by atoms with van der Waals surface area (Å²) in [4.78, 5) is 30.0. The second kappa shape index (κ2) is 8.85. The molecule has 8 nitrogen and oxygen atoms in total. The summed E-state index contributed by atoms with van der Waals surface area (Å²) >= 11 is 0. The Morgan fingerprint density at radius 1 is 1.10 bits per heavy atom. The molecule has 0 aliphatic carbocycles. The molecule has 2 aliphatic heterocycles. The fourth-order valence-corrected chi connectivity index (χ4v) is 3.82. The minimum Gasteiger partial charge on any atom is -0.491 e. The van der Waals surface area contributed by atoms with Crippen molar-refractivity contribution in [1.29, 1.82) is 0 Å². The molecule has 4 rings (SSSR count). The van der Waals surface area contributed by atoms with Gasteiger partial charge in [0.1, 0.15) is 18.4 Å². The van der Waals surface area contributed by atoms with Gasteiger partial charge in [-0.25, -0.2) is 0 Å². The smallest absolute Gasteiger partial charge is 0.252 e. The largest absolute Gasteiger partial charge is 0.491 e. The Morgan fingerprint density at radius 2 is 1.87 bits per heavy atom. The van der Waals surface area contributed by atoms with Gasteiger partial charge in [-0.3, -0.25) is 9.59 Å². The van der Waals surface area contributed by atoms with Gasteiger partial charge in [0.25, 0.3) is 5.91 Å². The van der Waals surface area contributed by atoms with E-state index in [4.69, 9.17) is 14.2 Å². The Kier molecular flexibility index (Phi) is 5.99. The summed E-state index contributed by atoms with van der Waals surface area (Å²) in [6, 6.07) is 11.9. The lowest BCUT2D eigenvalue weighted by Crippen LogP contribution is -2.53. The van der Waals surface area contributed by atoms with Crippen molar-refractivity contribution in [3.63, 3.8) is 0 Å². The fourth-order valence-electron chi connectivity index (χ4n) is 3.82. The van der Waals surface area contributed by atoms with Crippen molar-refractivity contribution in [2.75, 3.05) is 34.0 Å². The zero-order valence-corrected chi connectivity index (χ0v) is 18.0. The molecule has 2 aromatic rings. The molecule has 2 unspecified atom stereocenters. The molecule has 2 amide bonds. The van der Waals surface area contributed by atoms with E-state index < -0.39 is 6.04 Å². The number of likely N-dealkylation sites (N-methyl/N-ethyl adjacent to an activating group) is 1. The maximum Gasteiger partial charge on any atom is 0.252 e. The third kappa shape index (κ3) is 4.59. The Labute approximate surface area is 181 Å². The maximum atomic E-state index is 13.4. The first-order valence-electron chi connectivity index (χ1n) is 10.3. The van der Waals surface area contributed by atoms with Crippen LogP contribution >= 0.6 is 0 Å². The first-order valence-corrected chi connectivity index (χ1v) is 10.3. The van der Waals surface area contributed by atoms with Crippen LogP contribution in [0.25, 0.3) is 0 Å². The number of nitrogens with one attached hydrogen (secondary N) is 1. The summed E-state index contributed by atoms with van der Waals surface area (Å²) in [6.07, 6.45) is 0. The summed E-state index contributed by atoms with van der Waals surface area (Å²) in [5.41, 5.74) is 1.37. The normalized spacial score (nSPS) is 18.1. The number of para-hydroxylation sites is 1. The second-order valence-corrected chi connectivity index (χ2v) is 8.06. The molecule has 0 bridgehead atoms. The van der Waals surface area contributed by atoms with Gasteiger partial charge in [0.05, 0.1) is 6.04 Å². The molecular weight excluding hydrogens is 398 g/mol. The first kappa shape index (κ1) is 21.0. The molecule has 0 saturated heterocycles. The molecule has 0 aromatic heterocycles. The summed E-state index contributed by atoms with van der Waals surface area (Å²) in [5.74, 6) is 1.43. The molecule has 0 fully saturated rings. The molecule has 2 heterocycles. The van der Waals surface area contributed by atoms with Gasteiger partial charge in [-0.15, -0.1) is 0 Å². The van der Waals surface area contributed by atoms with Crippen molar-refractivity contribution in [2.45, 2.75) is 25.6 Å². The molecule has 31 heavy (non-hydrogen) atoms. The molecule has 1 N–H and O–H groups in total. The van der Waals surface area contributed by atoms with Gasteiger partial charge in [0.2, 0.25) is 12.7 Å². The number of nitrogens with zero attached hydrogens (tertiary/aromatic N) is 2. The molecular formula is C23H27N3O5. The van der Waals surface area contributed by atoms with E-state index in [9.17, 15) is 9.59 Å². The fraction of sp³-hybridized carbons (Fsp3) is 0.391. The van der Waals surface area contributed by atoms with Crippen molar-refractivity contribution in [2.24, 2.45) is 0 Å². The van der Waals surface area contributed by atoms with Gasteiger partial charge < -0.3 is 29.3 Å². The van der Waals surface area contributed by atoms with Gasteiger partial charge in [-0.05, 0) is 45.3 Å². The van der Waals surface area contributed by atoms with E-state index in [1.54, 1.807) is 30.0 Å². The number of carbonyl (C=O) groups excluding carboxylic acids is 2. The highest BCUT2D eigenvalue weighted by Gasteiger charge is 2.32. The summed E-state index contributed by atoms with van der Waals surface area (Å²) in [5, 5.41) is 2.82. The third-order valence-electron chi connectivity index (χ3n) is 5.40. The number of hydrogen-bond acceptors (Lipinski definition) is 6. The molecule has 2 atom stereocenters. The quantitative estimate of drug-likeness (QED) is 0.788. The van der Waals surface area contributed by atoms with Crippen molar-refractivity contribution in [1.82, 2.24) is 15.1 Å². The average Bonchev–Trinajstić information content (AvgIpc) is 3.15. The number of hydrogen-bond donors (Lipinski definition) is 1. The molecule has 164 valence electrons. The Bertz CT molecular complexity index is 977. The standard InChI is InChI=1S/C23H27N3O5/c1-15(24-22(27)16-8-9-20-21(10-16)31-14-30-20)23(28)26-11-17-6-4-5-7-19(17)29-13-18(26)12-25(2)3/h4-10,15,18H,11-14H2,1-3H3,(H,24,27). The van der Waals surface area contributed by atoms with Gasteiger partial charge in [-0.1, -0.05) is 18.2 Å². The summed E-state index contributed by atoms with van der Waals surface area (Å²) in [7, 11) is 3.93. The predicted molar refractivity (Wildman–Crippen MR) is 114 cm³/mol. The van der Waals surface area contributed by atoms with Crippen LogP contribution < -0.4 is 19.5 Å². The van der Waals surface area contributed by atoms with E-state index in [0.29, 0.717) is 36.8 Å². The van der Waals surface area contributed by atoms with E-state index >= 15 is 0 Å². The maximum absolute atomic E-state index is 13.4. The Balaban J connectivity index is 1.50. The number of benzene rings is 2. The lowest BCUT2D eigenvalue weighted by molar-refractivity contribution is -0.136. The zero-order valence-electron chi connectivity index (χ0n) is 18.0. The topological polar surface area (TPSA) is 80.3 Å². The van der Waals surface area contributed by atoms with Crippen molar-refractivity contribution >= 4 is 11.8 Å². The SMILES string of the molecule is CC(NC(=O)c1ccc2c(c1)OCO2)C(=O)N1Cc2ccccc2OCC1CN(C)C. The minimum atomic E-state index is -0.701. The number of rotatable bonds is 5. The summed E-state index contributed by atoms with van der Waals surface area (Å²) < 4.78 is 16.6. The Morgan fingerprint density at radius 3 is 2.68 bits per heavy atom. The van der Waals surface area contributed by atoms with Crippen LogP contribution in [0.2, 0.25) is 0 Å². The van der Waals surface area contributed by atoms with Gasteiger partial charge in [0.15, 0.2) is 11.5 Å². The van der Waals surface area contributed by atoms with Crippen molar-refractivity contribution < 1.29 is 23.8 Å². The van der Waals surface area contributed by atoms with Gasteiger partial charge in [-0.2, -0.15) is 0 Å². The monoisotopic (exact) mass is 425 g/mol. The number of carbonyl (C=O) groups is 2. The lowest BCUT2D eigenvalue weighted by Gasteiger charge is -2.33. The molecule has 2 aromatic carbocycles. The van der Waals surface area contributed by atoms with Crippen molar-refractivity contribution in [3.05, 3.63) is 53.6 Å². The van der Waals surface area contributed by atoms with Crippen LogP contribution in [0.5, 0.6) is 17.2 Å². The molecule has 8 heteroatoms. The van der Waals surface area contributed by atoms with Crippen LogP contribution in [0.1, 0.15) is 22.8 Å². The minimum absolute atomic E-state index is 0.139.